The summed E-state index contributed by atoms with van der Waals surface area (Å²) >= 11 is 0. The summed E-state index contributed by atoms with van der Waals surface area (Å²) in [6.07, 6.45) is 4.67. The average molecular weight is 238 g/mol. The summed E-state index contributed by atoms with van der Waals surface area (Å²) < 4.78 is 21.5. The van der Waals surface area contributed by atoms with Gasteiger partial charge in [-0.25, -0.2) is 13.2 Å². The van der Waals surface area contributed by atoms with Crippen LogP contribution in [0.15, 0.2) is 41.5 Å². The number of sulfonamides is 1. The van der Waals surface area contributed by atoms with Gasteiger partial charge in [-0.2, -0.15) is 5.10 Å². The Morgan fingerprint density at radius 1 is 1.31 bits per heavy atom. The van der Waals surface area contributed by atoms with Gasteiger partial charge in [-0.15, -0.1) is 0 Å². The van der Waals surface area contributed by atoms with Crippen LogP contribution in [-0.2, 0) is 10.0 Å². The lowest BCUT2D eigenvalue weighted by Gasteiger charge is -1.96. The lowest BCUT2D eigenvalue weighted by Crippen LogP contribution is -2.16. The first-order chi connectivity index (χ1) is 7.47. The number of hydrogen-bond donors (Lipinski definition) is 1. The Morgan fingerprint density at radius 2 is 1.94 bits per heavy atom. The molecule has 0 spiro atoms. The van der Waals surface area contributed by atoms with Crippen LogP contribution in [0.1, 0.15) is 12.5 Å². The second-order valence-corrected chi connectivity index (χ2v) is 5.09. The number of allylic oxidation sites excluding steroid dienone is 1. The summed E-state index contributed by atoms with van der Waals surface area (Å²) in [4.78, 5) is 2.07. The molecule has 0 aliphatic rings. The molecule has 5 heteroatoms. The molecular formula is C11H14N2O2S. The number of hydrogen-bond acceptors (Lipinski definition) is 3. The van der Waals surface area contributed by atoms with Crippen LogP contribution in [0.5, 0.6) is 0 Å². The first kappa shape index (κ1) is 12.4. The predicted octanol–water partition coefficient (Wildman–Crippen LogP) is 1.62. The molecule has 0 fully saturated rings. The van der Waals surface area contributed by atoms with Crippen LogP contribution >= 0.6 is 0 Å². The maximum Gasteiger partial charge on any atom is 0.244 e. The number of nitrogens with one attached hydrogen (secondary N) is 1. The molecular weight excluding hydrogens is 224 g/mol. The predicted molar refractivity (Wildman–Crippen MR) is 66.6 cm³/mol. The highest BCUT2D eigenvalue weighted by molar-refractivity contribution is 7.88. The molecule has 4 nitrogen and oxygen atoms in total. The molecule has 0 amide bonds. The van der Waals surface area contributed by atoms with Gasteiger partial charge in [0.25, 0.3) is 0 Å². The largest absolute Gasteiger partial charge is 0.244 e. The van der Waals surface area contributed by atoms with Crippen LogP contribution in [0, 0.1) is 0 Å². The van der Waals surface area contributed by atoms with Crippen LogP contribution in [-0.4, -0.2) is 20.4 Å². The highest BCUT2D eigenvalue weighted by atomic mass is 32.2. The Balaban J connectivity index is 2.65. The molecule has 1 aromatic carbocycles. The van der Waals surface area contributed by atoms with E-state index in [0.29, 0.717) is 5.71 Å². The number of rotatable bonds is 4. The van der Waals surface area contributed by atoms with Crippen molar-refractivity contribution in [3.8, 4) is 0 Å². The number of benzene rings is 1. The quantitative estimate of drug-likeness (QED) is 0.640. The zero-order chi connectivity index (χ0) is 12.0. The molecule has 0 bridgehead atoms. The number of hydrazone groups is 1. The topological polar surface area (TPSA) is 58.5 Å². The van der Waals surface area contributed by atoms with Crippen molar-refractivity contribution in [1.29, 1.82) is 0 Å². The summed E-state index contributed by atoms with van der Waals surface area (Å²) in [5.74, 6) is 0. The van der Waals surface area contributed by atoms with E-state index in [1.165, 1.54) is 0 Å². The Bertz CT molecular complexity index is 490. The van der Waals surface area contributed by atoms with Crippen LogP contribution in [0.4, 0.5) is 0 Å². The smallest absolute Gasteiger partial charge is 0.206 e. The van der Waals surface area contributed by atoms with Gasteiger partial charge >= 0.3 is 0 Å². The summed E-state index contributed by atoms with van der Waals surface area (Å²) in [5, 5.41) is 3.70. The fraction of sp³-hybridized carbons (Fsp3) is 0.182. The van der Waals surface area contributed by atoms with Gasteiger partial charge in [0.2, 0.25) is 10.0 Å². The normalized spacial score (nSPS) is 13.0. The molecule has 0 saturated carbocycles. The Morgan fingerprint density at radius 3 is 2.50 bits per heavy atom. The van der Waals surface area contributed by atoms with Crippen molar-refractivity contribution >= 4 is 21.8 Å². The summed E-state index contributed by atoms with van der Waals surface area (Å²) in [6.45, 7) is 1.72. The minimum atomic E-state index is -3.27. The van der Waals surface area contributed by atoms with E-state index in [9.17, 15) is 8.42 Å². The molecule has 16 heavy (non-hydrogen) atoms. The van der Waals surface area contributed by atoms with E-state index < -0.39 is 10.0 Å². The molecule has 0 saturated heterocycles. The monoisotopic (exact) mass is 238 g/mol. The van der Waals surface area contributed by atoms with Gasteiger partial charge in [-0.1, -0.05) is 36.4 Å². The third kappa shape index (κ3) is 5.31. The van der Waals surface area contributed by atoms with E-state index in [1.807, 2.05) is 36.4 Å². The van der Waals surface area contributed by atoms with Gasteiger partial charge in [0.1, 0.15) is 0 Å². The maximum absolute atomic E-state index is 10.8. The van der Waals surface area contributed by atoms with Crippen molar-refractivity contribution in [3.05, 3.63) is 42.0 Å². The Kier molecular flexibility index (Phi) is 4.25. The zero-order valence-corrected chi connectivity index (χ0v) is 10.0. The van der Waals surface area contributed by atoms with Crippen molar-refractivity contribution in [3.63, 3.8) is 0 Å². The van der Waals surface area contributed by atoms with E-state index in [2.05, 4.69) is 9.93 Å². The van der Waals surface area contributed by atoms with Crippen molar-refractivity contribution in [2.24, 2.45) is 5.10 Å². The van der Waals surface area contributed by atoms with E-state index >= 15 is 0 Å². The molecule has 1 aromatic rings. The summed E-state index contributed by atoms with van der Waals surface area (Å²) in [6, 6.07) is 9.70. The SMILES string of the molecule is CC(/C=C/c1ccccc1)=N\NS(C)(=O)=O. The summed E-state index contributed by atoms with van der Waals surface area (Å²) in [5.41, 5.74) is 1.63. The molecule has 0 unspecified atom stereocenters. The van der Waals surface area contributed by atoms with E-state index in [-0.39, 0.29) is 0 Å². The second kappa shape index (κ2) is 5.46. The molecule has 1 N–H and O–H groups in total. The first-order valence-electron chi connectivity index (χ1n) is 4.71. The Hall–Kier alpha value is -1.62. The first-order valence-corrected chi connectivity index (χ1v) is 6.61. The van der Waals surface area contributed by atoms with Crippen molar-refractivity contribution < 1.29 is 8.42 Å². The molecule has 0 aromatic heterocycles. The fourth-order valence-corrected chi connectivity index (χ4v) is 1.28. The van der Waals surface area contributed by atoms with Crippen molar-refractivity contribution in [2.45, 2.75) is 6.92 Å². The lowest BCUT2D eigenvalue weighted by molar-refractivity contribution is 0.590. The molecule has 0 atom stereocenters. The highest BCUT2D eigenvalue weighted by Gasteiger charge is 1.95. The molecule has 0 aliphatic carbocycles. The minimum Gasteiger partial charge on any atom is -0.206 e. The van der Waals surface area contributed by atoms with Gasteiger partial charge in [0.15, 0.2) is 0 Å². The highest BCUT2D eigenvalue weighted by Crippen LogP contribution is 2.00. The molecule has 0 radical (unpaired) electrons. The van der Waals surface area contributed by atoms with Gasteiger partial charge in [-0.3, -0.25) is 0 Å². The molecule has 0 aliphatic heterocycles. The van der Waals surface area contributed by atoms with Gasteiger partial charge in [0, 0.05) is 0 Å². The minimum absolute atomic E-state index is 0.592. The lowest BCUT2D eigenvalue weighted by atomic mass is 10.2. The van der Waals surface area contributed by atoms with Crippen molar-refractivity contribution in [2.75, 3.05) is 6.26 Å². The Labute approximate surface area is 95.7 Å². The van der Waals surface area contributed by atoms with Gasteiger partial charge in [-0.05, 0) is 18.6 Å². The van der Waals surface area contributed by atoms with Crippen LogP contribution in [0.2, 0.25) is 0 Å². The van der Waals surface area contributed by atoms with Gasteiger partial charge in [0.05, 0.1) is 12.0 Å². The molecule has 0 heterocycles. The van der Waals surface area contributed by atoms with E-state index in [4.69, 9.17) is 0 Å². The maximum atomic E-state index is 10.8. The van der Waals surface area contributed by atoms with Crippen LogP contribution in [0.25, 0.3) is 6.08 Å². The molecule has 1 rings (SSSR count). The third-order valence-electron chi connectivity index (χ3n) is 1.70. The molecule has 86 valence electrons. The summed E-state index contributed by atoms with van der Waals surface area (Å²) in [7, 11) is -3.27. The van der Waals surface area contributed by atoms with E-state index in [1.54, 1.807) is 13.0 Å². The zero-order valence-electron chi connectivity index (χ0n) is 9.21. The fourth-order valence-electron chi connectivity index (χ4n) is 0.973. The third-order valence-corrected chi connectivity index (χ3v) is 2.13. The second-order valence-electron chi connectivity index (χ2n) is 3.36. The number of nitrogens with zero attached hydrogens (tertiary/aromatic N) is 1. The van der Waals surface area contributed by atoms with Crippen LogP contribution < -0.4 is 4.83 Å². The van der Waals surface area contributed by atoms with Crippen LogP contribution in [0.3, 0.4) is 0 Å². The average Bonchev–Trinajstić information content (AvgIpc) is 2.24. The standard InChI is InChI=1S/C11H14N2O2S/c1-10(12-13-16(2,14)15)8-9-11-6-4-3-5-7-11/h3-9,13H,1-2H3/b9-8+,12-10+. The van der Waals surface area contributed by atoms with Crippen molar-refractivity contribution in [1.82, 2.24) is 4.83 Å². The van der Waals surface area contributed by atoms with E-state index in [0.717, 1.165) is 11.8 Å². The van der Waals surface area contributed by atoms with Gasteiger partial charge < -0.3 is 0 Å².